The van der Waals surface area contributed by atoms with E-state index in [9.17, 15) is 18.0 Å². The molecule has 134 valence electrons. The van der Waals surface area contributed by atoms with Gasteiger partial charge in [-0.15, -0.1) is 0 Å². The maximum atomic E-state index is 12.6. The topological polar surface area (TPSA) is 90.2 Å². The van der Waals surface area contributed by atoms with Crippen molar-refractivity contribution in [1.82, 2.24) is 9.13 Å². The molecule has 0 saturated heterocycles. The fourth-order valence-electron chi connectivity index (χ4n) is 2.77. The molecule has 1 aromatic heterocycles. The highest BCUT2D eigenvalue weighted by Gasteiger charge is 2.27. The Hall–Kier alpha value is -2.06. The number of aryl methyl sites for hydroxylation is 2. The van der Waals surface area contributed by atoms with Crippen molar-refractivity contribution in [2.75, 3.05) is 4.72 Å². The van der Waals surface area contributed by atoms with Gasteiger partial charge in [-0.2, -0.15) is 0 Å². The Morgan fingerprint density at radius 3 is 2.44 bits per heavy atom. The number of hydrogen-bond acceptors (Lipinski definition) is 4. The SMILES string of the molecule is Cc1cc(NS(=O)(=O)c2cn(C)c(=O)n(C)c2=O)c(Cl)cc1C1CC1. The number of aromatic nitrogens is 2. The molecule has 1 heterocycles. The second-order valence-corrected chi connectivity index (χ2v) is 8.38. The summed E-state index contributed by atoms with van der Waals surface area (Å²) >= 11 is 6.23. The summed E-state index contributed by atoms with van der Waals surface area (Å²) in [6, 6.07) is 3.44. The quantitative estimate of drug-likeness (QED) is 0.870. The molecule has 0 unspecified atom stereocenters. The van der Waals surface area contributed by atoms with Crippen LogP contribution in [0, 0.1) is 6.92 Å². The first-order valence-electron chi connectivity index (χ1n) is 7.71. The summed E-state index contributed by atoms with van der Waals surface area (Å²) in [4.78, 5) is 23.4. The standard InChI is InChI=1S/C16H18ClN3O4S/c1-9-6-13(12(17)7-11(9)10-4-5-10)18-25(23,24)14-8-19(2)16(22)20(3)15(14)21/h6-8,10,18H,4-5H2,1-3H3. The molecule has 0 atom stereocenters. The molecule has 25 heavy (non-hydrogen) atoms. The second-order valence-electron chi connectivity index (χ2n) is 6.32. The number of benzene rings is 1. The lowest BCUT2D eigenvalue weighted by Crippen LogP contribution is -2.40. The van der Waals surface area contributed by atoms with Crippen molar-refractivity contribution in [3.05, 3.63) is 55.3 Å². The number of halogens is 1. The van der Waals surface area contributed by atoms with Crippen molar-refractivity contribution in [1.29, 1.82) is 0 Å². The first-order valence-corrected chi connectivity index (χ1v) is 9.57. The van der Waals surface area contributed by atoms with Gasteiger partial charge >= 0.3 is 5.69 Å². The molecule has 0 amide bonds. The van der Waals surface area contributed by atoms with Crippen LogP contribution in [0.3, 0.4) is 0 Å². The highest BCUT2D eigenvalue weighted by molar-refractivity contribution is 7.92. The zero-order valence-corrected chi connectivity index (χ0v) is 15.6. The molecule has 0 aliphatic heterocycles. The molecule has 0 spiro atoms. The molecule has 3 rings (SSSR count). The minimum atomic E-state index is -4.19. The molecule has 1 aliphatic rings. The van der Waals surface area contributed by atoms with E-state index in [2.05, 4.69) is 4.72 Å². The van der Waals surface area contributed by atoms with Crippen molar-refractivity contribution in [3.63, 3.8) is 0 Å². The molecule has 2 aromatic rings. The van der Waals surface area contributed by atoms with Crippen LogP contribution in [-0.4, -0.2) is 17.6 Å². The smallest absolute Gasteiger partial charge is 0.302 e. The summed E-state index contributed by atoms with van der Waals surface area (Å²) in [6.45, 7) is 1.90. The molecular weight excluding hydrogens is 366 g/mol. The van der Waals surface area contributed by atoms with Gasteiger partial charge in [0.2, 0.25) is 0 Å². The second kappa shape index (κ2) is 6.03. The van der Waals surface area contributed by atoms with Gasteiger partial charge in [0.25, 0.3) is 15.6 Å². The molecule has 0 bridgehead atoms. The lowest BCUT2D eigenvalue weighted by Gasteiger charge is -2.13. The van der Waals surface area contributed by atoms with Crippen LogP contribution < -0.4 is 16.0 Å². The molecule has 1 saturated carbocycles. The molecule has 1 aromatic carbocycles. The van der Waals surface area contributed by atoms with Crippen LogP contribution in [0.4, 0.5) is 5.69 Å². The Morgan fingerprint density at radius 2 is 1.84 bits per heavy atom. The fourth-order valence-corrected chi connectivity index (χ4v) is 4.28. The maximum absolute atomic E-state index is 12.6. The highest BCUT2D eigenvalue weighted by atomic mass is 35.5. The summed E-state index contributed by atoms with van der Waals surface area (Å²) in [5, 5.41) is 0.276. The molecule has 1 fully saturated rings. The molecule has 7 nitrogen and oxygen atoms in total. The van der Waals surface area contributed by atoms with Gasteiger partial charge in [-0.05, 0) is 48.9 Å². The van der Waals surface area contributed by atoms with Crippen LogP contribution in [0.2, 0.25) is 5.02 Å². The summed E-state index contributed by atoms with van der Waals surface area (Å²) < 4.78 is 29.4. The van der Waals surface area contributed by atoms with Gasteiger partial charge in [-0.3, -0.25) is 14.1 Å². The molecule has 0 radical (unpaired) electrons. The van der Waals surface area contributed by atoms with Crippen molar-refractivity contribution in [2.45, 2.75) is 30.6 Å². The van der Waals surface area contributed by atoms with Gasteiger partial charge < -0.3 is 4.57 Å². The van der Waals surface area contributed by atoms with E-state index in [0.717, 1.165) is 39.3 Å². The van der Waals surface area contributed by atoms with Gasteiger partial charge in [0, 0.05) is 20.3 Å². The molecule has 1 N–H and O–H groups in total. The van der Waals surface area contributed by atoms with E-state index < -0.39 is 26.2 Å². The minimum absolute atomic E-state index is 0.208. The van der Waals surface area contributed by atoms with Crippen molar-refractivity contribution >= 4 is 27.3 Å². The maximum Gasteiger partial charge on any atom is 0.330 e. The number of nitrogens with one attached hydrogen (secondary N) is 1. The summed E-state index contributed by atoms with van der Waals surface area (Å²) in [5.74, 6) is 0.485. The van der Waals surface area contributed by atoms with Gasteiger partial charge in [0.1, 0.15) is 0 Å². The molecule has 9 heteroatoms. The monoisotopic (exact) mass is 383 g/mol. The fraction of sp³-hybridized carbons (Fsp3) is 0.375. The third-order valence-electron chi connectivity index (χ3n) is 4.32. The van der Waals surface area contributed by atoms with Crippen LogP contribution >= 0.6 is 11.6 Å². The third kappa shape index (κ3) is 3.23. The first-order chi connectivity index (χ1) is 11.6. The van der Waals surface area contributed by atoms with Gasteiger partial charge in [-0.25, -0.2) is 13.2 Å². The predicted molar refractivity (Wildman–Crippen MR) is 95.9 cm³/mol. The lowest BCUT2D eigenvalue weighted by molar-refractivity contribution is 0.589. The highest BCUT2D eigenvalue weighted by Crippen LogP contribution is 2.43. The Balaban J connectivity index is 2.05. The minimum Gasteiger partial charge on any atom is -0.302 e. The van der Waals surface area contributed by atoms with Crippen LogP contribution in [0.15, 0.2) is 32.8 Å². The van der Waals surface area contributed by atoms with Crippen LogP contribution in [0.25, 0.3) is 0 Å². The normalized spacial score (nSPS) is 14.6. The van der Waals surface area contributed by atoms with Crippen LogP contribution in [-0.2, 0) is 24.1 Å². The van der Waals surface area contributed by atoms with E-state index in [1.54, 1.807) is 12.1 Å². The van der Waals surface area contributed by atoms with E-state index in [-0.39, 0.29) is 10.7 Å². The summed E-state index contributed by atoms with van der Waals surface area (Å²) in [5.41, 5.74) is 0.771. The van der Waals surface area contributed by atoms with E-state index in [0.29, 0.717) is 5.92 Å². The Kier molecular flexibility index (Phi) is 4.28. The van der Waals surface area contributed by atoms with E-state index >= 15 is 0 Å². The number of nitrogens with zero attached hydrogens (tertiary/aromatic N) is 2. The summed E-state index contributed by atoms with van der Waals surface area (Å²) in [7, 11) is -1.59. The number of sulfonamides is 1. The lowest BCUT2D eigenvalue weighted by atomic mass is 10.0. The number of hydrogen-bond donors (Lipinski definition) is 1. The Bertz CT molecular complexity index is 1080. The largest absolute Gasteiger partial charge is 0.330 e. The van der Waals surface area contributed by atoms with E-state index in [1.165, 1.54) is 14.1 Å². The predicted octanol–water partition coefficient (Wildman–Crippen LogP) is 1.72. The van der Waals surface area contributed by atoms with Gasteiger partial charge in [0.15, 0.2) is 4.90 Å². The Labute approximate surface area is 149 Å². The van der Waals surface area contributed by atoms with Crippen LogP contribution in [0.5, 0.6) is 0 Å². The van der Waals surface area contributed by atoms with Crippen molar-refractivity contribution in [3.8, 4) is 0 Å². The van der Waals surface area contributed by atoms with Gasteiger partial charge in [0.05, 0.1) is 10.7 Å². The zero-order chi connectivity index (χ0) is 18.5. The van der Waals surface area contributed by atoms with Crippen molar-refractivity contribution in [2.24, 2.45) is 14.1 Å². The summed E-state index contributed by atoms with van der Waals surface area (Å²) in [6.07, 6.45) is 3.22. The average Bonchev–Trinajstić information content (AvgIpc) is 3.36. The third-order valence-corrected chi connectivity index (χ3v) is 5.98. The van der Waals surface area contributed by atoms with Crippen LogP contribution in [0.1, 0.15) is 29.9 Å². The first kappa shape index (κ1) is 17.8. The van der Waals surface area contributed by atoms with E-state index in [1.807, 2.05) is 6.92 Å². The van der Waals surface area contributed by atoms with E-state index in [4.69, 9.17) is 11.6 Å². The Morgan fingerprint density at radius 1 is 1.20 bits per heavy atom. The molecule has 1 aliphatic carbocycles. The van der Waals surface area contributed by atoms with Crippen molar-refractivity contribution < 1.29 is 8.42 Å². The number of rotatable bonds is 4. The van der Waals surface area contributed by atoms with Gasteiger partial charge in [-0.1, -0.05) is 11.6 Å². The number of anilines is 1. The zero-order valence-electron chi connectivity index (χ0n) is 14.0. The molecular formula is C16H18ClN3O4S. The average molecular weight is 384 g/mol.